The number of fused-ring (bicyclic) bond motifs is 2. The van der Waals surface area contributed by atoms with Crippen molar-refractivity contribution in [1.29, 1.82) is 0 Å². The lowest BCUT2D eigenvalue weighted by Gasteiger charge is -2.19. The lowest BCUT2D eigenvalue weighted by Crippen LogP contribution is -2.00. The summed E-state index contributed by atoms with van der Waals surface area (Å²) < 4.78 is 5.74. The molecule has 2 aromatic carbocycles. The Morgan fingerprint density at radius 1 is 1.07 bits per heavy atom. The van der Waals surface area contributed by atoms with Crippen molar-refractivity contribution in [2.24, 2.45) is 0 Å². The lowest BCUT2D eigenvalue weighted by atomic mass is 9.97. The van der Waals surface area contributed by atoms with Gasteiger partial charge in [-0.1, -0.05) is 36.9 Å². The quantitative estimate of drug-likeness (QED) is 0.530. The maximum Gasteiger partial charge on any atom is 0.144 e. The van der Waals surface area contributed by atoms with Crippen LogP contribution in [0, 0.1) is 12.1 Å². The van der Waals surface area contributed by atoms with Crippen LogP contribution in [0.2, 0.25) is 0 Å². The fourth-order valence-corrected chi connectivity index (χ4v) is 1.74. The van der Waals surface area contributed by atoms with Gasteiger partial charge in [0.2, 0.25) is 0 Å². The number of benzene rings is 1. The van der Waals surface area contributed by atoms with Gasteiger partial charge in [-0.3, -0.25) is 0 Å². The molecule has 15 heavy (non-hydrogen) atoms. The number of ether oxygens (including phenoxy) is 1. The van der Waals surface area contributed by atoms with Crippen molar-refractivity contribution in [3.05, 3.63) is 66.2 Å². The largest absolute Gasteiger partial charge is 0.455 e. The first kappa shape index (κ1) is 8.14. The van der Waals surface area contributed by atoms with Crippen molar-refractivity contribution < 1.29 is 4.74 Å². The molecule has 0 aromatic heterocycles. The van der Waals surface area contributed by atoms with Crippen LogP contribution < -0.4 is 4.74 Å². The van der Waals surface area contributed by atoms with Gasteiger partial charge >= 0.3 is 0 Å². The zero-order valence-corrected chi connectivity index (χ0v) is 8.08. The Balaban J connectivity index is 2.24. The van der Waals surface area contributed by atoms with Crippen LogP contribution in [-0.4, -0.2) is 0 Å². The normalized spacial score (nSPS) is 12.1. The maximum atomic E-state index is 5.74. The molecule has 0 aliphatic carbocycles. The zero-order valence-electron chi connectivity index (χ0n) is 8.08. The van der Waals surface area contributed by atoms with Gasteiger partial charge in [0.1, 0.15) is 11.5 Å². The summed E-state index contributed by atoms with van der Waals surface area (Å²) in [5.74, 6) is 1.66. The predicted molar refractivity (Wildman–Crippen MR) is 58.8 cm³/mol. The van der Waals surface area contributed by atoms with E-state index in [1.54, 1.807) is 6.07 Å². The van der Waals surface area contributed by atoms with Crippen molar-refractivity contribution in [3.8, 4) is 11.5 Å². The van der Waals surface area contributed by atoms with Gasteiger partial charge in [0, 0.05) is 5.56 Å². The van der Waals surface area contributed by atoms with E-state index < -0.39 is 0 Å². The van der Waals surface area contributed by atoms with E-state index in [0.717, 1.165) is 28.2 Å². The minimum atomic E-state index is 0.803. The van der Waals surface area contributed by atoms with Gasteiger partial charge in [0.05, 0.1) is 5.56 Å². The van der Waals surface area contributed by atoms with Crippen LogP contribution in [0.15, 0.2) is 43.0 Å². The molecule has 3 rings (SSSR count). The van der Waals surface area contributed by atoms with E-state index in [4.69, 9.17) is 4.74 Å². The minimum Gasteiger partial charge on any atom is -0.455 e. The molecule has 1 heterocycles. The molecule has 0 unspecified atom stereocenters. The molecule has 0 fully saturated rings. The van der Waals surface area contributed by atoms with Crippen LogP contribution in [-0.2, 0) is 0 Å². The highest BCUT2D eigenvalue weighted by atomic mass is 16.5. The highest BCUT2D eigenvalue weighted by Crippen LogP contribution is 2.41. The average Bonchev–Trinajstić information content (AvgIpc) is 2.30. The summed E-state index contributed by atoms with van der Waals surface area (Å²) in [6, 6.07) is 17.5. The summed E-state index contributed by atoms with van der Waals surface area (Å²) in [7, 11) is 0. The van der Waals surface area contributed by atoms with E-state index in [1.165, 1.54) is 0 Å². The van der Waals surface area contributed by atoms with Crippen LogP contribution in [0.1, 0.15) is 11.1 Å². The standard InChI is InChI=1S/C14H8O/c1-10-11-6-2-4-8-13(11)15-14-9-5-3-7-12(10)14/h2,4-6,8-9H,1H2. The highest BCUT2D eigenvalue weighted by Gasteiger charge is 2.18. The minimum absolute atomic E-state index is 0.803. The van der Waals surface area contributed by atoms with Gasteiger partial charge in [-0.2, -0.15) is 0 Å². The molecular formula is C14H8O. The summed E-state index contributed by atoms with van der Waals surface area (Å²) in [6.45, 7) is 4.07. The molecule has 0 N–H and O–H groups in total. The Morgan fingerprint density at radius 2 is 1.93 bits per heavy atom. The average molecular weight is 192 g/mol. The van der Waals surface area contributed by atoms with E-state index in [-0.39, 0.29) is 0 Å². The first-order valence-electron chi connectivity index (χ1n) is 4.75. The highest BCUT2D eigenvalue weighted by molar-refractivity contribution is 5.85. The van der Waals surface area contributed by atoms with Crippen LogP contribution >= 0.6 is 0 Å². The summed E-state index contributed by atoms with van der Waals surface area (Å²) in [6.07, 6.45) is 0. The number of hydrogen-bond acceptors (Lipinski definition) is 1. The summed E-state index contributed by atoms with van der Waals surface area (Å²) in [5, 5.41) is 0. The van der Waals surface area contributed by atoms with Crippen LogP contribution in [0.3, 0.4) is 0 Å². The van der Waals surface area contributed by atoms with Gasteiger partial charge in [-0.05, 0) is 23.8 Å². The fraction of sp³-hybridized carbons (Fsp3) is 0. The smallest absolute Gasteiger partial charge is 0.144 e. The topological polar surface area (TPSA) is 9.23 Å². The second kappa shape index (κ2) is 2.90. The predicted octanol–water partition coefficient (Wildman–Crippen LogP) is 3.45. The molecule has 1 heteroatoms. The molecule has 0 radical (unpaired) electrons. The molecule has 0 spiro atoms. The third kappa shape index (κ3) is 1.12. The van der Waals surface area contributed by atoms with E-state index in [1.807, 2.05) is 30.3 Å². The molecule has 0 saturated carbocycles. The summed E-state index contributed by atoms with van der Waals surface area (Å²) >= 11 is 0. The van der Waals surface area contributed by atoms with Crippen LogP contribution in [0.25, 0.3) is 5.57 Å². The van der Waals surface area contributed by atoms with Crippen molar-refractivity contribution in [1.82, 2.24) is 0 Å². The Morgan fingerprint density at radius 3 is 2.87 bits per heavy atom. The summed E-state index contributed by atoms with van der Waals surface area (Å²) in [5.41, 5.74) is 2.88. The molecule has 70 valence electrons. The molecule has 2 aromatic rings. The van der Waals surface area contributed by atoms with Crippen LogP contribution in [0.5, 0.6) is 11.5 Å². The number of para-hydroxylation sites is 1. The molecule has 0 amide bonds. The molecule has 0 saturated heterocycles. The third-order valence-corrected chi connectivity index (χ3v) is 2.50. The van der Waals surface area contributed by atoms with Crippen LogP contribution in [0.4, 0.5) is 0 Å². The monoisotopic (exact) mass is 192 g/mol. The van der Waals surface area contributed by atoms with E-state index >= 15 is 0 Å². The molecular weight excluding hydrogens is 184 g/mol. The van der Waals surface area contributed by atoms with Gasteiger partial charge in [-0.15, -0.1) is 0 Å². The van der Waals surface area contributed by atoms with Crippen molar-refractivity contribution in [3.63, 3.8) is 0 Å². The number of rotatable bonds is 0. The fourth-order valence-electron chi connectivity index (χ4n) is 1.74. The van der Waals surface area contributed by atoms with Crippen molar-refractivity contribution in [2.45, 2.75) is 0 Å². The Labute approximate surface area is 88.6 Å². The Kier molecular flexibility index (Phi) is 1.57. The number of hydrogen-bond donors (Lipinski definition) is 0. The van der Waals surface area contributed by atoms with Crippen molar-refractivity contribution >= 4 is 5.57 Å². The maximum absolute atomic E-state index is 5.74. The second-order valence-electron chi connectivity index (χ2n) is 3.42. The van der Waals surface area contributed by atoms with E-state index in [0.29, 0.717) is 0 Å². The molecule has 0 atom stereocenters. The molecule has 1 nitrogen and oxygen atoms in total. The summed E-state index contributed by atoms with van der Waals surface area (Å²) in [4.78, 5) is 0. The molecule has 1 aliphatic rings. The molecule has 1 aliphatic heterocycles. The SMILES string of the molecule is C=C1c2c#cccc2Oc2ccccc21. The zero-order chi connectivity index (χ0) is 10.3. The van der Waals surface area contributed by atoms with Gasteiger partial charge < -0.3 is 4.74 Å². The Bertz CT molecular complexity index is 493. The van der Waals surface area contributed by atoms with Gasteiger partial charge in [0.25, 0.3) is 0 Å². The van der Waals surface area contributed by atoms with E-state index in [9.17, 15) is 0 Å². The lowest BCUT2D eigenvalue weighted by molar-refractivity contribution is 0.474. The first-order valence-corrected chi connectivity index (χ1v) is 4.75. The van der Waals surface area contributed by atoms with Crippen molar-refractivity contribution in [2.75, 3.05) is 0 Å². The molecule has 0 bridgehead atoms. The van der Waals surface area contributed by atoms with Gasteiger partial charge in [-0.25, -0.2) is 0 Å². The Hall–Kier alpha value is -2.20. The van der Waals surface area contributed by atoms with E-state index in [2.05, 4.69) is 18.7 Å². The third-order valence-electron chi connectivity index (χ3n) is 2.50. The van der Waals surface area contributed by atoms with Gasteiger partial charge in [0.15, 0.2) is 0 Å². The second-order valence-corrected chi connectivity index (χ2v) is 3.42. The first-order chi connectivity index (χ1) is 7.36.